The van der Waals surface area contributed by atoms with Crippen LogP contribution in [0.4, 0.5) is 0 Å². The summed E-state index contributed by atoms with van der Waals surface area (Å²) < 4.78 is 1.13. The number of carbonyl (C=O) groups is 1. The van der Waals surface area contributed by atoms with Crippen molar-refractivity contribution in [2.45, 2.75) is 25.8 Å². The lowest BCUT2D eigenvalue weighted by Gasteiger charge is -2.25. The van der Waals surface area contributed by atoms with Crippen molar-refractivity contribution in [3.8, 4) is 0 Å². The Kier molecular flexibility index (Phi) is 4.74. The molecule has 1 aliphatic heterocycles. The molecular formula is C19H18BrNO. The zero-order valence-electron chi connectivity index (χ0n) is 12.3. The molecule has 3 rings (SSSR count). The smallest absolute Gasteiger partial charge is 0.227 e. The normalized spacial score (nSPS) is 14.9. The van der Waals surface area contributed by atoms with Crippen molar-refractivity contribution in [1.82, 2.24) is 4.90 Å². The molecule has 0 aromatic heterocycles. The van der Waals surface area contributed by atoms with Crippen LogP contribution in [0.1, 0.15) is 24.0 Å². The Morgan fingerprint density at radius 1 is 0.955 bits per heavy atom. The van der Waals surface area contributed by atoms with Crippen molar-refractivity contribution < 1.29 is 4.79 Å². The monoisotopic (exact) mass is 355 g/mol. The second-order valence-corrected chi connectivity index (χ2v) is 6.42. The maximum atomic E-state index is 12.1. The summed E-state index contributed by atoms with van der Waals surface area (Å²) in [6, 6.07) is 18.4. The van der Waals surface area contributed by atoms with Gasteiger partial charge in [-0.3, -0.25) is 4.79 Å². The minimum absolute atomic E-state index is 0.208. The Hall–Kier alpha value is -1.87. The summed E-state index contributed by atoms with van der Waals surface area (Å²) in [5.74, 6) is 0.208. The molecule has 0 unspecified atom stereocenters. The van der Waals surface area contributed by atoms with Gasteiger partial charge in [-0.25, -0.2) is 0 Å². The van der Waals surface area contributed by atoms with E-state index in [-0.39, 0.29) is 5.91 Å². The van der Waals surface area contributed by atoms with E-state index < -0.39 is 0 Å². The molecule has 22 heavy (non-hydrogen) atoms. The van der Waals surface area contributed by atoms with E-state index >= 15 is 0 Å². The van der Waals surface area contributed by atoms with Gasteiger partial charge in [-0.15, -0.1) is 0 Å². The molecule has 1 aliphatic rings. The minimum Gasteiger partial charge on any atom is -0.315 e. The second-order valence-electron chi connectivity index (χ2n) is 5.56. The van der Waals surface area contributed by atoms with E-state index in [1.807, 2.05) is 35.4 Å². The Balaban J connectivity index is 1.76. The van der Waals surface area contributed by atoms with Gasteiger partial charge in [0.1, 0.15) is 0 Å². The van der Waals surface area contributed by atoms with E-state index in [0.717, 1.165) is 22.9 Å². The molecule has 0 radical (unpaired) electrons. The number of carbonyl (C=O) groups excluding carboxylic acids is 1. The highest BCUT2D eigenvalue weighted by atomic mass is 79.9. The van der Waals surface area contributed by atoms with Gasteiger partial charge in [0.2, 0.25) is 5.91 Å². The quantitative estimate of drug-likeness (QED) is 0.778. The van der Waals surface area contributed by atoms with E-state index in [4.69, 9.17) is 0 Å². The van der Waals surface area contributed by atoms with Gasteiger partial charge in [0.05, 0.1) is 6.54 Å². The summed E-state index contributed by atoms with van der Waals surface area (Å²) in [7, 11) is 0. The number of benzene rings is 2. The SMILES string of the molecule is O=C1CCC(Cc2ccccc2Br)=CN1Cc1ccccc1. The fourth-order valence-corrected chi connectivity index (χ4v) is 3.13. The van der Waals surface area contributed by atoms with Crippen molar-refractivity contribution in [1.29, 1.82) is 0 Å². The lowest BCUT2D eigenvalue weighted by Crippen LogP contribution is -2.29. The molecule has 1 amide bonds. The number of rotatable bonds is 4. The first kappa shape index (κ1) is 15.0. The molecule has 112 valence electrons. The van der Waals surface area contributed by atoms with Gasteiger partial charge in [-0.1, -0.05) is 64.5 Å². The highest BCUT2D eigenvalue weighted by Crippen LogP contribution is 2.25. The number of nitrogens with zero attached hydrogens (tertiary/aromatic N) is 1. The van der Waals surface area contributed by atoms with Gasteiger partial charge in [-0.05, 0) is 35.6 Å². The minimum atomic E-state index is 0.208. The van der Waals surface area contributed by atoms with Crippen LogP contribution in [0.3, 0.4) is 0 Å². The Bertz CT molecular complexity index is 694. The van der Waals surface area contributed by atoms with Crippen molar-refractivity contribution in [3.05, 3.63) is 82.0 Å². The number of hydrogen-bond acceptors (Lipinski definition) is 1. The van der Waals surface area contributed by atoms with Crippen LogP contribution in [0.5, 0.6) is 0 Å². The molecule has 2 aromatic carbocycles. The van der Waals surface area contributed by atoms with Crippen LogP contribution in [-0.4, -0.2) is 10.8 Å². The summed E-state index contributed by atoms with van der Waals surface area (Å²) in [6.45, 7) is 0.652. The summed E-state index contributed by atoms with van der Waals surface area (Å²) in [5.41, 5.74) is 3.74. The van der Waals surface area contributed by atoms with Crippen LogP contribution < -0.4 is 0 Å². The third-order valence-electron chi connectivity index (χ3n) is 3.89. The highest BCUT2D eigenvalue weighted by Gasteiger charge is 2.19. The maximum Gasteiger partial charge on any atom is 0.227 e. The summed E-state index contributed by atoms with van der Waals surface area (Å²) >= 11 is 3.60. The maximum absolute atomic E-state index is 12.1. The van der Waals surface area contributed by atoms with E-state index in [0.29, 0.717) is 13.0 Å². The van der Waals surface area contributed by atoms with E-state index in [1.165, 1.54) is 11.1 Å². The van der Waals surface area contributed by atoms with Crippen LogP contribution in [0, 0.1) is 0 Å². The zero-order valence-corrected chi connectivity index (χ0v) is 13.9. The Morgan fingerprint density at radius 3 is 2.45 bits per heavy atom. The largest absolute Gasteiger partial charge is 0.315 e. The molecule has 0 saturated heterocycles. The molecule has 2 aromatic rings. The van der Waals surface area contributed by atoms with Crippen LogP contribution in [-0.2, 0) is 17.8 Å². The molecule has 0 fully saturated rings. The van der Waals surface area contributed by atoms with Crippen LogP contribution in [0.25, 0.3) is 0 Å². The lowest BCUT2D eigenvalue weighted by atomic mass is 9.99. The fraction of sp³-hybridized carbons (Fsp3) is 0.211. The standard InChI is InChI=1S/C19H18BrNO/c20-18-9-5-4-8-17(18)12-16-10-11-19(22)21(14-16)13-15-6-2-1-3-7-15/h1-9,14H,10-13H2. The van der Waals surface area contributed by atoms with Crippen molar-refractivity contribution >= 4 is 21.8 Å². The molecule has 3 heteroatoms. The predicted octanol–water partition coefficient (Wildman–Crippen LogP) is 4.70. The van der Waals surface area contributed by atoms with Gasteiger partial charge in [0, 0.05) is 17.1 Å². The number of allylic oxidation sites excluding steroid dienone is 1. The molecule has 0 aliphatic carbocycles. The van der Waals surface area contributed by atoms with E-state index in [2.05, 4.69) is 46.3 Å². The van der Waals surface area contributed by atoms with Crippen molar-refractivity contribution in [2.24, 2.45) is 0 Å². The Labute approximate surface area is 139 Å². The first-order valence-corrected chi connectivity index (χ1v) is 8.28. The molecule has 0 bridgehead atoms. The summed E-state index contributed by atoms with van der Waals surface area (Å²) in [6.07, 6.45) is 4.38. The second kappa shape index (κ2) is 6.93. The summed E-state index contributed by atoms with van der Waals surface area (Å²) in [5, 5.41) is 0. The number of amides is 1. The third kappa shape index (κ3) is 3.66. The van der Waals surface area contributed by atoms with E-state index in [1.54, 1.807) is 0 Å². The molecule has 0 saturated carbocycles. The molecule has 0 N–H and O–H groups in total. The van der Waals surface area contributed by atoms with Crippen LogP contribution >= 0.6 is 15.9 Å². The number of hydrogen-bond donors (Lipinski definition) is 0. The van der Waals surface area contributed by atoms with E-state index in [9.17, 15) is 4.79 Å². The molecule has 0 spiro atoms. The van der Waals surface area contributed by atoms with Gasteiger partial charge in [0.15, 0.2) is 0 Å². The fourth-order valence-electron chi connectivity index (χ4n) is 2.70. The topological polar surface area (TPSA) is 20.3 Å². The highest BCUT2D eigenvalue weighted by molar-refractivity contribution is 9.10. The van der Waals surface area contributed by atoms with Crippen LogP contribution in [0.2, 0.25) is 0 Å². The zero-order chi connectivity index (χ0) is 15.4. The van der Waals surface area contributed by atoms with Gasteiger partial charge >= 0.3 is 0 Å². The van der Waals surface area contributed by atoms with Crippen molar-refractivity contribution in [3.63, 3.8) is 0 Å². The van der Waals surface area contributed by atoms with Crippen LogP contribution in [0.15, 0.2) is 70.8 Å². The average Bonchev–Trinajstić information content (AvgIpc) is 2.54. The first-order chi connectivity index (χ1) is 10.7. The number of halogens is 1. The molecular weight excluding hydrogens is 338 g/mol. The summed E-state index contributed by atoms with van der Waals surface area (Å²) in [4.78, 5) is 14.0. The van der Waals surface area contributed by atoms with Gasteiger partial charge < -0.3 is 4.90 Å². The van der Waals surface area contributed by atoms with Gasteiger partial charge in [0.25, 0.3) is 0 Å². The van der Waals surface area contributed by atoms with Crippen molar-refractivity contribution in [2.75, 3.05) is 0 Å². The predicted molar refractivity (Wildman–Crippen MR) is 92.2 cm³/mol. The molecule has 0 atom stereocenters. The average molecular weight is 356 g/mol. The lowest BCUT2D eigenvalue weighted by molar-refractivity contribution is -0.129. The first-order valence-electron chi connectivity index (χ1n) is 7.49. The third-order valence-corrected chi connectivity index (χ3v) is 4.66. The molecule has 2 nitrogen and oxygen atoms in total. The Morgan fingerprint density at radius 2 is 1.68 bits per heavy atom. The van der Waals surface area contributed by atoms with Gasteiger partial charge in [-0.2, -0.15) is 0 Å². The molecule has 1 heterocycles.